The van der Waals surface area contributed by atoms with Gasteiger partial charge in [-0.25, -0.2) is 4.79 Å². The number of benzene rings is 2. The maximum atomic E-state index is 12.8. The van der Waals surface area contributed by atoms with E-state index in [4.69, 9.17) is 4.42 Å². The van der Waals surface area contributed by atoms with Crippen LogP contribution >= 0.6 is 11.3 Å². The monoisotopic (exact) mass is 475 g/mol. The average Bonchev–Trinajstić information content (AvgIpc) is 3.15. The van der Waals surface area contributed by atoms with Gasteiger partial charge in [-0.05, 0) is 49.6 Å². The number of anilines is 1. The summed E-state index contributed by atoms with van der Waals surface area (Å²) in [5.41, 5.74) is 3.40. The highest BCUT2D eigenvalue weighted by molar-refractivity contribution is 7.18. The topological polar surface area (TPSA) is 37.3 Å². The molecule has 0 aliphatic carbocycles. The molecule has 0 aliphatic heterocycles. The summed E-state index contributed by atoms with van der Waals surface area (Å²) in [7, 11) is 0. The first kappa shape index (κ1) is 24.2. The summed E-state index contributed by atoms with van der Waals surface area (Å²) in [6.07, 6.45) is 3.95. The summed E-state index contributed by atoms with van der Waals surface area (Å²) in [5.74, 6) is 0.494. The van der Waals surface area contributed by atoms with Crippen molar-refractivity contribution in [1.82, 2.24) is 0 Å². The molecule has 2 aromatic heterocycles. The number of para-hydroxylation sites is 1. The first-order chi connectivity index (χ1) is 16.2. The van der Waals surface area contributed by atoms with Gasteiger partial charge in [-0.1, -0.05) is 51.2 Å². The van der Waals surface area contributed by atoms with Gasteiger partial charge in [0.25, 0.3) is 5.01 Å². The summed E-state index contributed by atoms with van der Waals surface area (Å²) < 4.78 is 9.35. The molecule has 1 atom stereocenters. The van der Waals surface area contributed by atoms with E-state index in [9.17, 15) is 4.79 Å². The molecule has 0 bridgehead atoms. The zero-order valence-electron chi connectivity index (χ0n) is 21.1. The fraction of sp³-hybridized carbons (Fsp3) is 0.379. The Balaban J connectivity index is 1.72. The summed E-state index contributed by atoms with van der Waals surface area (Å²) >= 11 is 1.75. The van der Waals surface area contributed by atoms with E-state index >= 15 is 0 Å². The molecule has 4 rings (SSSR count). The van der Waals surface area contributed by atoms with Gasteiger partial charge in [-0.15, -0.1) is 0 Å². The van der Waals surface area contributed by atoms with Crippen LogP contribution in [0.3, 0.4) is 0 Å². The standard InChI is InChI=1S/C29H35N2O2S/c1-7-30(8-2)23-15-13-21-17-22(28(32)33-25(21)18-23)14-16-27-31(19-20(3)29(4,5)6)24-11-9-10-12-26(24)34-27/h9-18,20H,7-8,19H2,1-6H3/q+1. The Bertz CT molecular complexity index is 1390. The molecule has 2 aromatic carbocycles. The van der Waals surface area contributed by atoms with Crippen molar-refractivity contribution < 1.29 is 8.98 Å². The van der Waals surface area contributed by atoms with Gasteiger partial charge in [0, 0.05) is 48.3 Å². The van der Waals surface area contributed by atoms with Crippen LogP contribution in [0.15, 0.2) is 57.7 Å². The molecule has 1 unspecified atom stereocenters. The molecule has 4 nitrogen and oxygen atoms in total. The Morgan fingerprint density at radius 2 is 1.79 bits per heavy atom. The molecule has 0 saturated heterocycles. The van der Waals surface area contributed by atoms with Crippen LogP contribution in [0, 0.1) is 11.3 Å². The zero-order chi connectivity index (χ0) is 24.5. The third kappa shape index (κ3) is 4.95. The fourth-order valence-electron chi connectivity index (χ4n) is 4.09. The van der Waals surface area contributed by atoms with Crippen LogP contribution in [0.4, 0.5) is 5.69 Å². The first-order valence-corrected chi connectivity index (χ1v) is 12.9. The Labute approximate surface area is 206 Å². The SMILES string of the molecule is CCN(CC)c1ccc2cc(C=Cc3sc4ccccc4[n+]3CC(C)C(C)(C)C)c(=O)oc2c1. The molecule has 0 aliphatic rings. The number of rotatable bonds is 7. The molecule has 34 heavy (non-hydrogen) atoms. The lowest BCUT2D eigenvalue weighted by molar-refractivity contribution is -0.677. The maximum absolute atomic E-state index is 12.8. The number of nitrogens with zero attached hydrogens (tertiary/aromatic N) is 2. The normalized spacial score (nSPS) is 13.2. The highest BCUT2D eigenvalue weighted by Crippen LogP contribution is 2.28. The molecular weight excluding hydrogens is 440 g/mol. The number of hydrogen-bond donors (Lipinski definition) is 0. The molecule has 0 N–H and O–H groups in total. The highest BCUT2D eigenvalue weighted by atomic mass is 32.1. The van der Waals surface area contributed by atoms with Crippen molar-refractivity contribution in [2.45, 2.75) is 48.1 Å². The zero-order valence-corrected chi connectivity index (χ0v) is 21.9. The predicted molar refractivity (Wildman–Crippen MR) is 146 cm³/mol. The van der Waals surface area contributed by atoms with Crippen LogP contribution in [-0.2, 0) is 6.54 Å². The van der Waals surface area contributed by atoms with Crippen molar-refractivity contribution in [3.05, 3.63) is 69.5 Å². The summed E-state index contributed by atoms with van der Waals surface area (Å²) in [4.78, 5) is 15.0. The molecule has 0 saturated carbocycles. The number of thiazole rings is 1. The van der Waals surface area contributed by atoms with Crippen molar-refractivity contribution in [3.8, 4) is 0 Å². The number of fused-ring (bicyclic) bond motifs is 2. The third-order valence-electron chi connectivity index (χ3n) is 6.85. The molecule has 0 amide bonds. The van der Waals surface area contributed by atoms with Gasteiger partial charge in [-0.2, -0.15) is 4.57 Å². The van der Waals surface area contributed by atoms with Crippen LogP contribution in [0.25, 0.3) is 33.3 Å². The molecule has 178 valence electrons. The smallest absolute Gasteiger partial charge is 0.343 e. The van der Waals surface area contributed by atoms with Crippen molar-refractivity contribution in [2.24, 2.45) is 11.3 Å². The lowest BCUT2D eigenvalue weighted by Crippen LogP contribution is -2.41. The fourth-order valence-corrected chi connectivity index (χ4v) is 5.17. The van der Waals surface area contributed by atoms with Crippen molar-refractivity contribution in [3.63, 3.8) is 0 Å². The Morgan fingerprint density at radius 3 is 2.50 bits per heavy atom. The van der Waals surface area contributed by atoms with E-state index in [2.05, 4.69) is 87.4 Å². The second-order valence-electron chi connectivity index (χ2n) is 10.0. The van der Waals surface area contributed by atoms with Crippen molar-refractivity contribution in [1.29, 1.82) is 0 Å². The largest absolute Gasteiger partial charge is 0.422 e. The van der Waals surface area contributed by atoms with Crippen LogP contribution in [0.5, 0.6) is 0 Å². The van der Waals surface area contributed by atoms with Gasteiger partial charge in [0.05, 0.1) is 5.56 Å². The van der Waals surface area contributed by atoms with Gasteiger partial charge in [0.15, 0.2) is 6.54 Å². The molecule has 0 spiro atoms. The molecule has 0 fully saturated rings. The second-order valence-corrected chi connectivity index (χ2v) is 11.1. The summed E-state index contributed by atoms with van der Waals surface area (Å²) in [6.45, 7) is 16.2. The molecule has 4 aromatic rings. The van der Waals surface area contributed by atoms with Crippen molar-refractivity contribution in [2.75, 3.05) is 18.0 Å². The average molecular weight is 476 g/mol. The minimum atomic E-state index is -0.309. The van der Waals surface area contributed by atoms with Gasteiger partial charge in [0.1, 0.15) is 10.3 Å². The van der Waals surface area contributed by atoms with Crippen LogP contribution in [-0.4, -0.2) is 13.1 Å². The predicted octanol–water partition coefficient (Wildman–Crippen LogP) is 6.99. The first-order valence-electron chi connectivity index (χ1n) is 12.1. The van der Waals surface area contributed by atoms with E-state index in [1.54, 1.807) is 11.3 Å². The summed E-state index contributed by atoms with van der Waals surface area (Å²) in [6, 6.07) is 16.5. The molecule has 0 radical (unpaired) electrons. The van der Waals surface area contributed by atoms with E-state index in [0.29, 0.717) is 17.1 Å². The highest BCUT2D eigenvalue weighted by Gasteiger charge is 2.27. The minimum Gasteiger partial charge on any atom is -0.422 e. The molecule has 5 heteroatoms. The van der Waals surface area contributed by atoms with Gasteiger partial charge in [0.2, 0.25) is 5.52 Å². The van der Waals surface area contributed by atoms with E-state index in [1.807, 2.05) is 24.3 Å². The second kappa shape index (κ2) is 9.75. The van der Waals surface area contributed by atoms with Gasteiger partial charge >= 0.3 is 5.63 Å². The quantitative estimate of drug-likeness (QED) is 0.213. The number of hydrogen-bond acceptors (Lipinski definition) is 4. The Kier molecular flexibility index (Phi) is 6.94. The van der Waals surface area contributed by atoms with E-state index in [0.717, 1.165) is 35.7 Å². The molecule has 2 heterocycles. The Hall–Kier alpha value is -2.92. The summed E-state index contributed by atoms with van der Waals surface area (Å²) in [5, 5.41) is 2.06. The Morgan fingerprint density at radius 1 is 1.06 bits per heavy atom. The van der Waals surface area contributed by atoms with Gasteiger partial charge in [-0.3, -0.25) is 0 Å². The molecular formula is C29H35N2O2S+. The number of aromatic nitrogens is 1. The van der Waals surface area contributed by atoms with E-state index in [1.165, 1.54) is 10.2 Å². The lowest BCUT2D eigenvalue weighted by Gasteiger charge is -2.24. The van der Waals surface area contributed by atoms with Crippen LogP contribution < -0.4 is 15.1 Å². The van der Waals surface area contributed by atoms with Crippen molar-refractivity contribution >= 4 is 50.4 Å². The van der Waals surface area contributed by atoms with Crippen LogP contribution in [0.2, 0.25) is 0 Å². The third-order valence-corrected chi connectivity index (χ3v) is 7.98. The van der Waals surface area contributed by atoms with Crippen LogP contribution in [0.1, 0.15) is 52.1 Å². The minimum absolute atomic E-state index is 0.209. The maximum Gasteiger partial charge on any atom is 0.343 e. The van der Waals surface area contributed by atoms with E-state index in [-0.39, 0.29) is 11.0 Å². The lowest BCUT2D eigenvalue weighted by atomic mass is 9.82. The van der Waals surface area contributed by atoms with Gasteiger partial charge < -0.3 is 9.32 Å². The van der Waals surface area contributed by atoms with E-state index < -0.39 is 0 Å².